The number of carbonyl (C=O) groups is 1. The van der Waals surface area contributed by atoms with E-state index >= 15 is 0 Å². The molecule has 0 spiro atoms. The Labute approximate surface area is 156 Å². The van der Waals surface area contributed by atoms with Crippen LogP contribution in [0.2, 0.25) is 0 Å². The Kier molecular flexibility index (Phi) is 6.97. The summed E-state index contributed by atoms with van der Waals surface area (Å²) in [6.45, 7) is 0. The standard InChI is InChI=1S/C18H18N2O3S2/c1-20(2)18(24)25-17(19-14-7-5-4-6-8-14)23-15-11-9-13(10-12-15)16(21)22-3/h4-12H,1-3H3. The van der Waals surface area contributed by atoms with Gasteiger partial charge in [0.1, 0.15) is 10.1 Å². The number of thiocarbonyl (C=S) groups is 1. The van der Waals surface area contributed by atoms with E-state index < -0.39 is 5.97 Å². The molecule has 0 fully saturated rings. The van der Waals surface area contributed by atoms with Gasteiger partial charge in [-0.1, -0.05) is 30.4 Å². The van der Waals surface area contributed by atoms with Gasteiger partial charge in [-0.15, -0.1) is 0 Å². The minimum atomic E-state index is -0.395. The molecule has 0 saturated heterocycles. The summed E-state index contributed by atoms with van der Waals surface area (Å²) in [4.78, 5) is 17.8. The number of para-hydroxylation sites is 1. The number of hydrogen-bond donors (Lipinski definition) is 0. The molecule has 0 N–H and O–H groups in total. The van der Waals surface area contributed by atoms with Gasteiger partial charge < -0.3 is 14.4 Å². The van der Waals surface area contributed by atoms with E-state index in [1.165, 1.54) is 18.9 Å². The third-order valence-electron chi connectivity index (χ3n) is 3.00. The van der Waals surface area contributed by atoms with Gasteiger partial charge in [0.2, 0.25) is 0 Å². The van der Waals surface area contributed by atoms with Crippen LogP contribution in [0.15, 0.2) is 59.6 Å². The molecule has 2 rings (SSSR count). The number of carbonyl (C=O) groups excluding carboxylic acids is 1. The average Bonchev–Trinajstić information content (AvgIpc) is 2.62. The minimum Gasteiger partial charge on any atom is -0.465 e. The lowest BCUT2D eigenvalue weighted by molar-refractivity contribution is 0.0600. The number of methoxy groups -OCH3 is 1. The van der Waals surface area contributed by atoms with E-state index in [-0.39, 0.29) is 0 Å². The summed E-state index contributed by atoms with van der Waals surface area (Å²) in [6, 6.07) is 16.1. The summed E-state index contributed by atoms with van der Waals surface area (Å²) in [5, 5.41) is 0.399. The van der Waals surface area contributed by atoms with Crippen molar-refractivity contribution in [2.75, 3.05) is 21.2 Å². The van der Waals surface area contributed by atoms with E-state index in [0.717, 1.165) is 5.69 Å². The highest BCUT2D eigenvalue weighted by molar-refractivity contribution is 8.32. The molecule has 0 saturated carbocycles. The summed E-state index contributed by atoms with van der Waals surface area (Å²) in [7, 11) is 5.07. The maximum absolute atomic E-state index is 11.5. The largest absolute Gasteiger partial charge is 0.465 e. The van der Waals surface area contributed by atoms with E-state index in [4.69, 9.17) is 17.0 Å². The Hall–Kier alpha value is -2.38. The van der Waals surface area contributed by atoms with Crippen molar-refractivity contribution in [1.82, 2.24) is 4.90 Å². The summed E-state index contributed by atoms with van der Waals surface area (Å²) in [6.07, 6.45) is 0. The number of esters is 1. The highest BCUT2D eigenvalue weighted by atomic mass is 32.2. The molecule has 0 radical (unpaired) electrons. The highest BCUT2D eigenvalue weighted by Crippen LogP contribution is 2.21. The number of nitrogens with zero attached hydrogens (tertiary/aromatic N) is 2. The molecule has 0 amide bonds. The van der Waals surface area contributed by atoms with Gasteiger partial charge in [-0.3, -0.25) is 0 Å². The maximum atomic E-state index is 11.5. The number of hydrogen-bond acceptors (Lipinski definition) is 6. The topological polar surface area (TPSA) is 51.1 Å². The van der Waals surface area contributed by atoms with Crippen LogP contribution >= 0.6 is 24.0 Å². The fourth-order valence-electron chi connectivity index (χ4n) is 1.72. The fourth-order valence-corrected chi connectivity index (χ4v) is 2.55. The van der Waals surface area contributed by atoms with Crippen molar-refractivity contribution in [3.8, 4) is 5.75 Å². The number of ether oxygens (including phenoxy) is 2. The first-order valence-electron chi connectivity index (χ1n) is 7.38. The van der Waals surface area contributed by atoms with E-state index in [1.807, 2.05) is 49.3 Å². The maximum Gasteiger partial charge on any atom is 0.337 e. The zero-order valence-electron chi connectivity index (χ0n) is 14.1. The smallest absolute Gasteiger partial charge is 0.337 e. The fraction of sp³-hybridized carbons (Fsp3) is 0.167. The van der Waals surface area contributed by atoms with Crippen molar-refractivity contribution >= 4 is 45.2 Å². The predicted octanol–water partition coefficient (Wildman–Crippen LogP) is 4.12. The summed E-state index contributed by atoms with van der Waals surface area (Å²) in [5.41, 5.74) is 1.21. The molecule has 0 aromatic heterocycles. The molecule has 2 aromatic rings. The normalized spacial score (nSPS) is 10.9. The first-order valence-corrected chi connectivity index (χ1v) is 8.61. The van der Waals surface area contributed by atoms with Crippen molar-refractivity contribution < 1.29 is 14.3 Å². The van der Waals surface area contributed by atoms with Gasteiger partial charge in [-0.2, -0.15) is 0 Å². The van der Waals surface area contributed by atoms with Crippen LogP contribution < -0.4 is 4.74 Å². The first kappa shape index (κ1) is 19.0. The molecule has 0 bridgehead atoms. The van der Waals surface area contributed by atoms with Crippen molar-refractivity contribution in [3.05, 3.63) is 60.2 Å². The Balaban J connectivity index is 2.22. The number of thioether (sulfide) groups is 1. The average molecular weight is 374 g/mol. The first-order chi connectivity index (χ1) is 12.0. The Morgan fingerprint density at radius 3 is 2.28 bits per heavy atom. The summed E-state index contributed by atoms with van der Waals surface area (Å²) >= 11 is 6.58. The van der Waals surface area contributed by atoms with E-state index in [1.54, 1.807) is 24.3 Å². The quantitative estimate of drug-likeness (QED) is 0.349. The van der Waals surface area contributed by atoms with E-state index in [0.29, 0.717) is 20.9 Å². The number of benzene rings is 2. The van der Waals surface area contributed by atoms with Crippen LogP contribution in [-0.2, 0) is 4.74 Å². The van der Waals surface area contributed by atoms with Crippen molar-refractivity contribution in [2.24, 2.45) is 4.99 Å². The van der Waals surface area contributed by atoms with Gasteiger partial charge in [0.25, 0.3) is 5.23 Å². The van der Waals surface area contributed by atoms with Crippen LogP contribution in [-0.4, -0.2) is 41.6 Å². The molecule has 0 aliphatic carbocycles. The zero-order chi connectivity index (χ0) is 18.2. The van der Waals surface area contributed by atoms with Gasteiger partial charge in [-0.05, 0) is 48.2 Å². The van der Waals surface area contributed by atoms with E-state index in [2.05, 4.69) is 9.73 Å². The van der Waals surface area contributed by atoms with Gasteiger partial charge in [-0.25, -0.2) is 9.79 Å². The SMILES string of the molecule is COC(=O)c1ccc(OC(=Nc2ccccc2)SC(=S)N(C)C)cc1. The van der Waals surface area contributed by atoms with Crippen LogP contribution in [0.5, 0.6) is 5.75 Å². The number of rotatable bonds is 3. The highest BCUT2D eigenvalue weighted by Gasteiger charge is 2.12. The monoisotopic (exact) mass is 374 g/mol. The van der Waals surface area contributed by atoms with Gasteiger partial charge >= 0.3 is 5.97 Å². The van der Waals surface area contributed by atoms with Crippen molar-refractivity contribution in [3.63, 3.8) is 0 Å². The van der Waals surface area contributed by atoms with Crippen LogP contribution in [0.4, 0.5) is 5.69 Å². The molecular formula is C18H18N2O3S2. The summed E-state index contributed by atoms with van der Waals surface area (Å²) in [5.74, 6) is 0.157. The van der Waals surface area contributed by atoms with Crippen molar-refractivity contribution in [1.29, 1.82) is 0 Å². The third kappa shape index (κ3) is 5.88. The molecule has 0 aliphatic rings. The molecule has 25 heavy (non-hydrogen) atoms. The Bertz CT molecular complexity index is 760. The molecule has 5 nitrogen and oxygen atoms in total. The lowest BCUT2D eigenvalue weighted by atomic mass is 10.2. The second kappa shape index (κ2) is 9.19. The third-order valence-corrected chi connectivity index (χ3v) is 4.50. The molecule has 2 aromatic carbocycles. The van der Waals surface area contributed by atoms with E-state index in [9.17, 15) is 4.79 Å². The van der Waals surface area contributed by atoms with Gasteiger partial charge in [0, 0.05) is 14.1 Å². The van der Waals surface area contributed by atoms with Crippen molar-refractivity contribution in [2.45, 2.75) is 0 Å². The zero-order valence-corrected chi connectivity index (χ0v) is 15.8. The molecule has 0 aliphatic heterocycles. The van der Waals surface area contributed by atoms with Crippen LogP contribution in [0.3, 0.4) is 0 Å². The second-order valence-corrected chi connectivity index (χ2v) is 6.68. The predicted molar refractivity (Wildman–Crippen MR) is 106 cm³/mol. The molecule has 130 valence electrons. The Morgan fingerprint density at radius 2 is 1.72 bits per heavy atom. The summed E-state index contributed by atoms with van der Waals surface area (Å²) < 4.78 is 11.2. The molecular weight excluding hydrogens is 356 g/mol. The minimum absolute atomic E-state index is 0.395. The van der Waals surface area contributed by atoms with Gasteiger partial charge in [0.05, 0.1) is 18.4 Å². The van der Waals surface area contributed by atoms with Gasteiger partial charge in [0.15, 0.2) is 0 Å². The number of aliphatic imine (C=N–C) groups is 1. The molecule has 0 heterocycles. The second-order valence-electron chi connectivity index (χ2n) is 5.09. The van der Waals surface area contributed by atoms with Crippen LogP contribution in [0.1, 0.15) is 10.4 Å². The Morgan fingerprint density at radius 1 is 1.08 bits per heavy atom. The molecule has 0 unspecified atom stereocenters. The lowest BCUT2D eigenvalue weighted by Crippen LogP contribution is -2.19. The van der Waals surface area contributed by atoms with Crippen LogP contribution in [0.25, 0.3) is 0 Å². The molecule has 7 heteroatoms. The molecule has 0 atom stereocenters. The lowest BCUT2D eigenvalue weighted by Gasteiger charge is -2.14. The van der Waals surface area contributed by atoms with Crippen LogP contribution in [0, 0.1) is 0 Å².